The lowest BCUT2D eigenvalue weighted by Gasteiger charge is -2.08. The number of carbonyl (C=O) groups excluding carboxylic acids is 1. The van der Waals surface area contributed by atoms with Gasteiger partial charge in [-0.3, -0.25) is 0 Å². The Morgan fingerprint density at radius 2 is 1.80 bits per heavy atom. The van der Waals surface area contributed by atoms with Crippen LogP contribution in [0.1, 0.15) is 5.56 Å². The highest BCUT2D eigenvalue weighted by Gasteiger charge is 2.04. The Labute approximate surface area is 149 Å². The molecular formula is C17H14ClN5O2. The van der Waals surface area contributed by atoms with E-state index in [4.69, 9.17) is 16.3 Å². The Hall–Kier alpha value is -3.19. The van der Waals surface area contributed by atoms with Crippen molar-refractivity contribution in [1.29, 1.82) is 0 Å². The first-order valence-electron chi connectivity index (χ1n) is 7.39. The summed E-state index contributed by atoms with van der Waals surface area (Å²) < 4.78 is 5.49. The zero-order valence-corrected chi connectivity index (χ0v) is 13.8. The molecule has 0 spiro atoms. The van der Waals surface area contributed by atoms with Crippen molar-refractivity contribution in [2.24, 2.45) is 0 Å². The Morgan fingerprint density at radius 1 is 1.04 bits per heavy atom. The van der Waals surface area contributed by atoms with Crippen molar-refractivity contribution in [3.05, 3.63) is 71.8 Å². The van der Waals surface area contributed by atoms with Gasteiger partial charge in [0.05, 0.1) is 0 Å². The highest BCUT2D eigenvalue weighted by Crippen LogP contribution is 2.19. The maximum absolute atomic E-state index is 11.9. The van der Waals surface area contributed by atoms with Gasteiger partial charge in [0.15, 0.2) is 0 Å². The number of ether oxygens (including phenoxy) is 1. The average Bonchev–Trinajstić information content (AvgIpc) is 2.64. The Balaban J connectivity index is 1.50. The molecule has 0 saturated heterocycles. The fourth-order valence-electron chi connectivity index (χ4n) is 1.92. The molecule has 2 aromatic heterocycles. The highest BCUT2D eigenvalue weighted by atomic mass is 35.5. The van der Waals surface area contributed by atoms with Gasteiger partial charge >= 0.3 is 12.0 Å². The van der Waals surface area contributed by atoms with Gasteiger partial charge < -0.3 is 15.4 Å². The minimum Gasteiger partial charge on any atom is -0.424 e. The van der Waals surface area contributed by atoms with E-state index in [2.05, 4.69) is 25.6 Å². The third-order valence-corrected chi connectivity index (χ3v) is 3.33. The van der Waals surface area contributed by atoms with Gasteiger partial charge in [-0.05, 0) is 42.0 Å². The molecule has 0 aliphatic rings. The van der Waals surface area contributed by atoms with Crippen molar-refractivity contribution in [1.82, 2.24) is 20.3 Å². The van der Waals surface area contributed by atoms with E-state index >= 15 is 0 Å². The second-order valence-electron chi connectivity index (χ2n) is 4.95. The van der Waals surface area contributed by atoms with Gasteiger partial charge in [0.25, 0.3) is 0 Å². The van der Waals surface area contributed by atoms with Crippen molar-refractivity contribution in [3.8, 4) is 11.8 Å². The fraction of sp³-hybridized carbons (Fsp3) is 0.0588. The van der Waals surface area contributed by atoms with E-state index in [1.54, 1.807) is 61.1 Å². The molecule has 0 bridgehead atoms. The zero-order chi connectivity index (χ0) is 17.5. The molecule has 3 aromatic rings. The largest absolute Gasteiger partial charge is 0.424 e. The summed E-state index contributed by atoms with van der Waals surface area (Å²) >= 11 is 5.72. The van der Waals surface area contributed by atoms with Crippen LogP contribution in [0.3, 0.4) is 0 Å². The summed E-state index contributed by atoms with van der Waals surface area (Å²) in [5.41, 5.74) is 1.49. The van der Waals surface area contributed by atoms with Crippen LogP contribution in [0.2, 0.25) is 5.15 Å². The molecule has 1 aromatic carbocycles. The third-order valence-electron chi connectivity index (χ3n) is 3.11. The quantitative estimate of drug-likeness (QED) is 0.682. The molecule has 0 saturated carbocycles. The number of pyridine rings is 1. The van der Waals surface area contributed by atoms with Crippen LogP contribution in [0, 0.1) is 0 Å². The number of urea groups is 1. The SMILES string of the molecule is O=C(NCc1ccc(Cl)nc1)Nc1ccc(Oc2ncccn2)cc1. The van der Waals surface area contributed by atoms with Gasteiger partial charge in [0.1, 0.15) is 10.9 Å². The molecule has 8 heteroatoms. The van der Waals surface area contributed by atoms with Gasteiger partial charge in [-0.15, -0.1) is 0 Å². The lowest BCUT2D eigenvalue weighted by Crippen LogP contribution is -2.28. The molecule has 7 nitrogen and oxygen atoms in total. The standard InChI is InChI=1S/C17H14ClN5O2/c18-15-7-2-12(10-21-15)11-22-16(24)23-13-3-5-14(6-4-13)25-17-19-8-1-9-20-17/h1-10H,11H2,(H2,22,23,24). The smallest absolute Gasteiger partial charge is 0.321 e. The molecule has 0 aliphatic carbocycles. The number of halogens is 1. The number of benzene rings is 1. The molecule has 0 unspecified atom stereocenters. The molecule has 2 amide bonds. The predicted molar refractivity (Wildman–Crippen MR) is 93.7 cm³/mol. The van der Waals surface area contributed by atoms with E-state index in [-0.39, 0.29) is 12.0 Å². The number of aromatic nitrogens is 3. The minimum atomic E-state index is -0.324. The first-order chi connectivity index (χ1) is 12.2. The summed E-state index contributed by atoms with van der Waals surface area (Å²) in [4.78, 5) is 23.8. The number of nitrogens with one attached hydrogen (secondary N) is 2. The normalized spacial score (nSPS) is 10.1. The molecule has 25 heavy (non-hydrogen) atoms. The maximum atomic E-state index is 11.9. The monoisotopic (exact) mass is 355 g/mol. The molecule has 3 rings (SSSR count). The van der Waals surface area contributed by atoms with Crippen LogP contribution < -0.4 is 15.4 Å². The van der Waals surface area contributed by atoms with Gasteiger partial charge in [-0.25, -0.2) is 19.7 Å². The summed E-state index contributed by atoms with van der Waals surface area (Å²) in [7, 11) is 0. The molecule has 126 valence electrons. The first-order valence-corrected chi connectivity index (χ1v) is 7.77. The molecule has 0 fully saturated rings. The Kier molecular flexibility index (Phi) is 5.38. The van der Waals surface area contributed by atoms with Gasteiger partial charge in [0, 0.05) is 30.8 Å². The van der Waals surface area contributed by atoms with E-state index in [9.17, 15) is 4.79 Å². The van der Waals surface area contributed by atoms with Gasteiger partial charge in [-0.2, -0.15) is 0 Å². The topological polar surface area (TPSA) is 89.0 Å². The van der Waals surface area contributed by atoms with E-state index in [0.29, 0.717) is 23.1 Å². The Bertz CT molecular complexity index is 826. The minimum absolute atomic E-state index is 0.262. The zero-order valence-electron chi connectivity index (χ0n) is 13.0. The molecule has 0 aliphatic heterocycles. The van der Waals surface area contributed by atoms with Crippen LogP contribution in [-0.4, -0.2) is 21.0 Å². The predicted octanol–water partition coefficient (Wildman–Crippen LogP) is 3.64. The van der Waals surface area contributed by atoms with Gasteiger partial charge in [-0.1, -0.05) is 17.7 Å². The summed E-state index contributed by atoms with van der Waals surface area (Å²) in [5, 5.41) is 5.88. The molecular weight excluding hydrogens is 342 g/mol. The maximum Gasteiger partial charge on any atom is 0.321 e. The van der Waals surface area contributed by atoms with Crippen molar-refractivity contribution < 1.29 is 9.53 Å². The van der Waals surface area contributed by atoms with E-state index in [1.165, 1.54) is 0 Å². The lowest BCUT2D eigenvalue weighted by atomic mass is 10.3. The van der Waals surface area contributed by atoms with Crippen LogP contribution in [0.5, 0.6) is 11.8 Å². The van der Waals surface area contributed by atoms with Gasteiger partial charge in [0.2, 0.25) is 0 Å². The number of nitrogens with zero attached hydrogens (tertiary/aromatic N) is 3. The van der Waals surface area contributed by atoms with Crippen molar-refractivity contribution in [2.45, 2.75) is 6.54 Å². The number of anilines is 1. The Morgan fingerprint density at radius 3 is 2.48 bits per heavy atom. The number of amides is 2. The third kappa shape index (κ3) is 5.15. The summed E-state index contributed by atoms with van der Waals surface area (Å²) in [5.74, 6) is 0.574. The van der Waals surface area contributed by atoms with Crippen LogP contribution in [-0.2, 0) is 6.54 Å². The van der Waals surface area contributed by atoms with E-state index < -0.39 is 0 Å². The lowest BCUT2D eigenvalue weighted by molar-refractivity contribution is 0.251. The van der Waals surface area contributed by atoms with E-state index in [1.807, 2.05) is 0 Å². The molecule has 2 heterocycles. The summed E-state index contributed by atoms with van der Waals surface area (Å²) in [6.07, 6.45) is 4.80. The second-order valence-corrected chi connectivity index (χ2v) is 5.34. The van der Waals surface area contributed by atoms with Crippen LogP contribution in [0.4, 0.5) is 10.5 Å². The summed E-state index contributed by atoms with van der Waals surface area (Å²) in [6.45, 7) is 0.350. The fourth-order valence-corrected chi connectivity index (χ4v) is 2.03. The molecule has 0 atom stereocenters. The number of rotatable bonds is 5. The van der Waals surface area contributed by atoms with Crippen LogP contribution >= 0.6 is 11.6 Å². The second kappa shape index (κ2) is 8.07. The van der Waals surface area contributed by atoms with Crippen molar-refractivity contribution >= 4 is 23.3 Å². The van der Waals surface area contributed by atoms with Crippen molar-refractivity contribution in [2.75, 3.05) is 5.32 Å². The summed E-state index contributed by atoms with van der Waals surface area (Å²) in [6, 6.07) is 12.0. The van der Waals surface area contributed by atoms with Crippen LogP contribution in [0.15, 0.2) is 61.1 Å². The number of hydrogen-bond donors (Lipinski definition) is 2. The number of hydrogen-bond acceptors (Lipinski definition) is 5. The number of carbonyl (C=O) groups is 1. The van der Waals surface area contributed by atoms with Crippen LogP contribution in [0.25, 0.3) is 0 Å². The molecule has 0 radical (unpaired) electrons. The molecule has 2 N–H and O–H groups in total. The van der Waals surface area contributed by atoms with E-state index in [0.717, 1.165) is 5.56 Å². The first kappa shape index (κ1) is 16.7. The highest BCUT2D eigenvalue weighted by molar-refractivity contribution is 6.29. The van der Waals surface area contributed by atoms with Crippen molar-refractivity contribution in [3.63, 3.8) is 0 Å². The average molecular weight is 356 g/mol.